The molecule has 1 amide bonds. The van der Waals surface area contributed by atoms with Gasteiger partial charge in [-0.25, -0.2) is 4.98 Å². The van der Waals surface area contributed by atoms with Gasteiger partial charge in [-0.2, -0.15) is 0 Å². The Hall–Kier alpha value is -1.84. The van der Waals surface area contributed by atoms with E-state index in [4.69, 9.17) is 0 Å². The number of pyridine rings is 1. The molecule has 100 valence electrons. The lowest BCUT2D eigenvalue weighted by Crippen LogP contribution is -2.39. The molecule has 0 aromatic carbocycles. The predicted octanol–water partition coefficient (Wildman–Crippen LogP) is 2.51. The minimum absolute atomic E-state index is 0.0645. The van der Waals surface area contributed by atoms with Gasteiger partial charge in [0.1, 0.15) is 11.3 Å². The number of hydrogen-bond donors (Lipinski definition) is 0. The largest absolute Gasteiger partial charge is 0.337 e. The monoisotopic (exact) mass is 257 g/mol. The summed E-state index contributed by atoms with van der Waals surface area (Å²) >= 11 is 0. The van der Waals surface area contributed by atoms with Crippen molar-refractivity contribution in [2.75, 3.05) is 13.1 Å². The summed E-state index contributed by atoms with van der Waals surface area (Å²) in [5, 5.41) is 0. The Morgan fingerprint density at radius 3 is 3.05 bits per heavy atom. The van der Waals surface area contributed by atoms with E-state index >= 15 is 0 Å². The Balaban J connectivity index is 1.91. The molecule has 0 saturated carbocycles. The summed E-state index contributed by atoms with van der Waals surface area (Å²) < 4.78 is 1.93. The van der Waals surface area contributed by atoms with Crippen molar-refractivity contribution >= 4 is 11.6 Å². The molecule has 1 fully saturated rings. The SMILES string of the molecule is Cc1cccn2cc(C(=O)N3CCC[C@@H](C)C3)nc12. The summed E-state index contributed by atoms with van der Waals surface area (Å²) in [7, 11) is 0. The molecule has 0 aliphatic carbocycles. The first kappa shape index (κ1) is 12.2. The molecule has 0 unspecified atom stereocenters. The van der Waals surface area contributed by atoms with Gasteiger partial charge in [0, 0.05) is 25.5 Å². The quantitative estimate of drug-likeness (QED) is 0.787. The molecule has 1 saturated heterocycles. The highest BCUT2D eigenvalue weighted by atomic mass is 16.2. The van der Waals surface area contributed by atoms with Crippen molar-refractivity contribution in [3.05, 3.63) is 35.8 Å². The smallest absolute Gasteiger partial charge is 0.274 e. The van der Waals surface area contributed by atoms with Gasteiger partial charge in [-0.05, 0) is 37.3 Å². The van der Waals surface area contributed by atoms with Crippen LogP contribution in [0.5, 0.6) is 0 Å². The van der Waals surface area contributed by atoms with Crippen molar-refractivity contribution in [2.45, 2.75) is 26.7 Å². The molecule has 3 rings (SSSR count). The van der Waals surface area contributed by atoms with Crippen LogP contribution in [-0.4, -0.2) is 33.3 Å². The second kappa shape index (κ2) is 4.68. The topological polar surface area (TPSA) is 37.6 Å². The van der Waals surface area contributed by atoms with Crippen molar-refractivity contribution in [2.24, 2.45) is 5.92 Å². The number of carbonyl (C=O) groups is 1. The van der Waals surface area contributed by atoms with E-state index in [1.165, 1.54) is 6.42 Å². The van der Waals surface area contributed by atoms with Gasteiger partial charge in [0.2, 0.25) is 0 Å². The van der Waals surface area contributed by atoms with Crippen molar-refractivity contribution in [1.82, 2.24) is 14.3 Å². The molecule has 0 bridgehead atoms. The Labute approximate surface area is 113 Å². The Kier molecular flexibility index (Phi) is 3.01. The zero-order chi connectivity index (χ0) is 13.4. The Morgan fingerprint density at radius 1 is 1.47 bits per heavy atom. The van der Waals surface area contributed by atoms with E-state index in [0.29, 0.717) is 11.6 Å². The van der Waals surface area contributed by atoms with Crippen LogP contribution >= 0.6 is 0 Å². The molecule has 0 spiro atoms. The lowest BCUT2D eigenvalue weighted by molar-refractivity contribution is 0.0678. The molecule has 4 heteroatoms. The van der Waals surface area contributed by atoms with E-state index < -0.39 is 0 Å². The van der Waals surface area contributed by atoms with E-state index in [1.807, 2.05) is 40.8 Å². The van der Waals surface area contributed by atoms with Crippen LogP contribution in [0, 0.1) is 12.8 Å². The number of rotatable bonds is 1. The summed E-state index contributed by atoms with van der Waals surface area (Å²) in [6, 6.07) is 3.99. The van der Waals surface area contributed by atoms with Crippen LogP contribution in [0.15, 0.2) is 24.5 Å². The highest BCUT2D eigenvalue weighted by Gasteiger charge is 2.23. The zero-order valence-corrected chi connectivity index (χ0v) is 11.5. The zero-order valence-electron chi connectivity index (χ0n) is 11.5. The van der Waals surface area contributed by atoms with E-state index in [1.54, 1.807) is 0 Å². The number of amides is 1. The van der Waals surface area contributed by atoms with E-state index in [0.717, 1.165) is 30.7 Å². The van der Waals surface area contributed by atoms with Crippen LogP contribution in [0.25, 0.3) is 5.65 Å². The molecular weight excluding hydrogens is 238 g/mol. The minimum atomic E-state index is 0.0645. The Bertz CT molecular complexity index is 617. The minimum Gasteiger partial charge on any atom is -0.337 e. The van der Waals surface area contributed by atoms with Crippen LogP contribution in [0.4, 0.5) is 0 Å². The van der Waals surface area contributed by atoms with Crippen LogP contribution in [0.1, 0.15) is 35.8 Å². The van der Waals surface area contributed by atoms with Gasteiger partial charge < -0.3 is 9.30 Å². The van der Waals surface area contributed by atoms with Crippen molar-refractivity contribution < 1.29 is 4.79 Å². The lowest BCUT2D eigenvalue weighted by atomic mass is 10.0. The molecule has 0 N–H and O–H groups in total. The maximum atomic E-state index is 12.5. The first-order chi connectivity index (χ1) is 9.15. The highest BCUT2D eigenvalue weighted by molar-refractivity contribution is 5.93. The number of aryl methyl sites for hydroxylation is 1. The van der Waals surface area contributed by atoms with Gasteiger partial charge >= 0.3 is 0 Å². The highest BCUT2D eigenvalue weighted by Crippen LogP contribution is 2.18. The number of piperidine rings is 1. The summed E-state index contributed by atoms with van der Waals surface area (Å²) in [4.78, 5) is 18.9. The molecule has 0 radical (unpaired) electrons. The third kappa shape index (κ3) is 2.23. The number of imidazole rings is 1. The molecule has 1 aliphatic heterocycles. The standard InChI is InChI=1S/C15H19N3O/c1-11-5-3-8-18(9-11)15(19)13-10-17-7-4-6-12(2)14(17)16-13/h4,6-7,10-11H,3,5,8-9H2,1-2H3/t11-/m1/s1. The molecule has 1 atom stereocenters. The third-order valence-electron chi connectivity index (χ3n) is 3.84. The maximum Gasteiger partial charge on any atom is 0.274 e. The summed E-state index contributed by atoms with van der Waals surface area (Å²) in [5.74, 6) is 0.658. The van der Waals surface area contributed by atoms with Crippen molar-refractivity contribution in [1.29, 1.82) is 0 Å². The molecular formula is C15H19N3O. The third-order valence-corrected chi connectivity index (χ3v) is 3.84. The number of nitrogens with zero attached hydrogens (tertiary/aromatic N) is 3. The first-order valence-corrected chi connectivity index (χ1v) is 6.89. The van der Waals surface area contributed by atoms with Gasteiger partial charge in [0.15, 0.2) is 0 Å². The molecule has 2 aromatic rings. The second-order valence-electron chi connectivity index (χ2n) is 5.55. The number of fused-ring (bicyclic) bond motifs is 1. The normalized spacial score (nSPS) is 19.9. The fourth-order valence-electron chi connectivity index (χ4n) is 2.79. The van der Waals surface area contributed by atoms with Gasteiger partial charge in [-0.3, -0.25) is 4.79 Å². The molecule has 3 heterocycles. The van der Waals surface area contributed by atoms with Crippen molar-refractivity contribution in [3.8, 4) is 0 Å². The average Bonchev–Trinajstić information content (AvgIpc) is 2.83. The maximum absolute atomic E-state index is 12.5. The molecule has 1 aliphatic rings. The van der Waals surface area contributed by atoms with Gasteiger partial charge in [0.05, 0.1) is 0 Å². The predicted molar refractivity (Wildman–Crippen MR) is 74.2 cm³/mol. The number of aromatic nitrogens is 2. The summed E-state index contributed by atoms with van der Waals surface area (Å²) in [6.45, 7) is 5.93. The van der Waals surface area contributed by atoms with Gasteiger partial charge in [0.25, 0.3) is 5.91 Å². The van der Waals surface area contributed by atoms with E-state index in [9.17, 15) is 4.79 Å². The van der Waals surface area contributed by atoms with Gasteiger partial charge in [-0.15, -0.1) is 0 Å². The van der Waals surface area contributed by atoms with Gasteiger partial charge in [-0.1, -0.05) is 13.0 Å². The fraction of sp³-hybridized carbons (Fsp3) is 0.467. The Morgan fingerprint density at radius 2 is 2.32 bits per heavy atom. The van der Waals surface area contributed by atoms with Crippen molar-refractivity contribution in [3.63, 3.8) is 0 Å². The summed E-state index contributed by atoms with van der Waals surface area (Å²) in [6.07, 6.45) is 6.09. The van der Waals surface area contributed by atoms with Crippen LogP contribution in [0.3, 0.4) is 0 Å². The fourth-order valence-corrected chi connectivity index (χ4v) is 2.79. The molecule has 2 aromatic heterocycles. The lowest BCUT2D eigenvalue weighted by Gasteiger charge is -2.30. The molecule has 19 heavy (non-hydrogen) atoms. The summed E-state index contributed by atoms with van der Waals surface area (Å²) in [5.41, 5.74) is 2.52. The van der Waals surface area contributed by atoms with E-state index in [-0.39, 0.29) is 5.91 Å². The second-order valence-corrected chi connectivity index (χ2v) is 5.55. The first-order valence-electron chi connectivity index (χ1n) is 6.89. The van der Waals surface area contributed by atoms with Crippen LogP contribution in [0.2, 0.25) is 0 Å². The number of carbonyl (C=O) groups excluding carboxylic acids is 1. The average molecular weight is 257 g/mol. The van der Waals surface area contributed by atoms with Crippen LogP contribution in [-0.2, 0) is 0 Å². The van der Waals surface area contributed by atoms with Crippen LogP contribution < -0.4 is 0 Å². The van der Waals surface area contributed by atoms with E-state index in [2.05, 4.69) is 11.9 Å². The number of hydrogen-bond acceptors (Lipinski definition) is 2. The number of likely N-dealkylation sites (tertiary alicyclic amines) is 1. The molecule has 4 nitrogen and oxygen atoms in total.